The highest BCUT2D eigenvalue weighted by atomic mass is 16.3. The summed E-state index contributed by atoms with van der Waals surface area (Å²) >= 11 is 0. The Morgan fingerprint density at radius 1 is 1.43 bits per heavy atom. The Balaban J connectivity index is 1.62. The van der Waals surface area contributed by atoms with Crippen molar-refractivity contribution in [3.05, 3.63) is 24.2 Å². The average molecular weight is 319 g/mol. The summed E-state index contributed by atoms with van der Waals surface area (Å²) in [7, 11) is 2.19. The van der Waals surface area contributed by atoms with Gasteiger partial charge in [0, 0.05) is 6.54 Å². The first-order chi connectivity index (χ1) is 11.1. The van der Waals surface area contributed by atoms with Crippen molar-refractivity contribution in [3.8, 4) is 0 Å². The van der Waals surface area contributed by atoms with E-state index in [1.54, 1.807) is 6.26 Å². The minimum absolute atomic E-state index is 0.0216. The second-order valence-corrected chi connectivity index (χ2v) is 7.29. The summed E-state index contributed by atoms with van der Waals surface area (Å²) in [4.78, 5) is 17.5. The summed E-state index contributed by atoms with van der Waals surface area (Å²) < 4.78 is 5.31. The van der Waals surface area contributed by atoms with E-state index in [1.807, 2.05) is 12.1 Å². The lowest BCUT2D eigenvalue weighted by Gasteiger charge is -2.37. The van der Waals surface area contributed by atoms with E-state index in [0.717, 1.165) is 44.8 Å². The average Bonchev–Trinajstić information content (AvgIpc) is 3.17. The molecule has 128 valence electrons. The lowest BCUT2D eigenvalue weighted by atomic mass is 9.76. The van der Waals surface area contributed by atoms with Gasteiger partial charge in [0.15, 0.2) is 0 Å². The van der Waals surface area contributed by atoms with Gasteiger partial charge in [0.25, 0.3) is 0 Å². The van der Waals surface area contributed by atoms with Crippen molar-refractivity contribution in [2.24, 2.45) is 5.41 Å². The third kappa shape index (κ3) is 3.78. The van der Waals surface area contributed by atoms with Gasteiger partial charge in [-0.1, -0.05) is 6.92 Å². The smallest absolute Gasteiger partial charge is 0.237 e. The van der Waals surface area contributed by atoms with E-state index >= 15 is 0 Å². The fraction of sp³-hybridized carbons (Fsp3) is 0.722. The third-order valence-electron chi connectivity index (χ3n) is 5.48. The molecule has 0 aromatic carbocycles. The zero-order valence-electron chi connectivity index (χ0n) is 14.4. The maximum Gasteiger partial charge on any atom is 0.237 e. The van der Waals surface area contributed by atoms with Crippen molar-refractivity contribution in [3.63, 3.8) is 0 Å². The highest BCUT2D eigenvalue weighted by molar-refractivity contribution is 5.82. The number of furan rings is 1. The van der Waals surface area contributed by atoms with Gasteiger partial charge < -0.3 is 14.6 Å². The molecule has 0 saturated carbocycles. The summed E-state index contributed by atoms with van der Waals surface area (Å²) in [6.07, 6.45) is 6.17. The second-order valence-electron chi connectivity index (χ2n) is 7.29. The Hall–Kier alpha value is -1.33. The molecule has 1 spiro atoms. The SMILES string of the molecule is CCCN1CC2(CCN(C)CC2)C[C@H]1C(=O)NCc1ccco1. The predicted molar refractivity (Wildman–Crippen MR) is 90.0 cm³/mol. The maximum atomic E-state index is 12.7. The lowest BCUT2D eigenvalue weighted by Crippen LogP contribution is -2.43. The van der Waals surface area contributed by atoms with E-state index in [1.165, 1.54) is 12.8 Å². The molecule has 0 radical (unpaired) electrons. The van der Waals surface area contributed by atoms with Crippen LogP contribution < -0.4 is 5.32 Å². The van der Waals surface area contributed by atoms with Crippen molar-refractivity contribution in [1.82, 2.24) is 15.1 Å². The van der Waals surface area contributed by atoms with Gasteiger partial charge in [0.2, 0.25) is 5.91 Å². The summed E-state index contributed by atoms with van der Waals surface area (Å²) in [5.41, 5.74) is 0.342. The van der Waals surface area contributed by atoms with Crippen LogP contribution in [0.4, 0.5) is 0 Å². The molecule has 23 heavy (non-hydrogen) atoms. The van der Waals surface area contributed by atoms with Crippen LogP contribution >= 0.6 is 0 Å². The Morgan fingerprint density at radius 2 is 2.22 bits per heavy atom. The molecular weight excluding hydrogens is 290 g/mol. The minimum Gasteiger partial charge on any atom is -0.467 e. The van der Waals surface area contributed by atoms with Crippen molar-refractivity contribution >= 4 is 5.91 Å². The van der Waals surface area contributed by atoms with E-state index in [2.05, 4.69) is 29.1 Å². The maximum absolute atomic E-state index is 12.7. The van der Waals surface area contributed by atoms with Gasteiger partial charge in [-0.25, -0.2) is 0 Å². The molecule has 2 aliphatic rings. The number of carbonyl (C=O) groups is 1. The summed E-state index contributed by atoms with van der Waals surface area (Å²) in [5, 5.41) is 3.06. The molecule has 2 saturated heterocycles. The van der Waals surface area contributed by atoms with Crippen LogP contribution in [0, 0.1) is 5.41 Å². The Labute approximate surface area is 139 Å². The number of piperidine rings is 1. The molecule has 1 aromatic heterocycles. The lowest BCUT2D eigenvalue weighted by molar-refractivity contribution is -0.125. The van der Waals surface area contributed by atoms with Crippen LogP contribution in [0.1, 0.15) is 38.4 Å². The first-order valence-corrected chi connectivity index (χ1v) is 8.84. The van der Waals surface area contributed by atoms with E-state index in [9.17, 15) is 4.79 Å². The molecule has 0 aliphatic carbocycles. The second kappa shape index (κ2) is 7.05. The molecule has 1 aromatic rings. The Morgan fingerprint density at radius 3 is 2.87 bits per heavy atom. The van der Waals surface area contributed by atoms with Gasteiger partial charge in [0.1, 0.15) is 5.76 Å². The van der Waals surface area contributed by atoms with Crippen LogP contribution in [0.2, 0.25) is 0 Å². The Bertz CT molecular complexity index is 506. The number of hydrogen-bond acceptors (Lipinski definition) is 4. The zero-order valence-corrected chi connectivity index (χ0v) is 14.4. The highest BCUT2D eigenvalue weighted by Gasteiger charge is 2.47. The van der Waals surface area contributed by atoms with Crippen molar-refractivity contribution in [2.45, 2.75) is 45.2 Å². The Kier molecular flexibility index (Phi) is 5.07. The van der Waals surface area contributed by atoms with Gasteiger partial charge in [0.05, 0.1) is 18.8 Å². The first kappa shape index (κ1) is 16.5. The van der Waals surface area contributed by atoms with E-state index < -0.39 is 0 Å². The van der Waals surface area contributed by atoms with Crippen LogP contribution in [0.25, 0.3) is 0 Å². The monoisotopic (exact) mass is 319 g/mol. The topological polar surface area (TPSA) is 48.7 Å². The number of nitrogens with zero attached hydrogens (tertiary/aromatic N) is 2. The number of carbonyl (C=O) groups excluding carboxylic acids is 1. The predicted octanol–water partition coefficient (Wildman–Crippen LogP) is 2.09. The van der Waals surface area contributed by atoms with Gasteiger partial charge >= 0.3 is 0 Å². The van der Waals surface area contributed by atoms with Crippen LogP contribution in [-0.4, -0.2) is 55.0 Å². The highest BCUT2D eigenvalue weighted by Crippen LogP contribution is 2.43. The molecule has 5 nitrogen and oxygen atoms in total. The van der Waals surface area contributed by atoms with Gasteiger partial charge in [-0.3, -0.25) is 9.69 Å². The normalized spacial score (nSPS) is 25.0. The fourth-order valence-electron chi connectivity index (χ4n) is 4.09. The quantitative estimate of drug-likeness (QED) is 0.903. The van der Waals surface area contributed by atoms with Crippen LogP contribution in [0.3, 0.4) is 0 Å². The molecule has 0 unspecified atom stereocenters. The van der Waals surface area contributed by atoms with Crippen LogP contribution in [-0.2, 0) is 11.3 Å². The number of rotatable bonds is 5. The molecule has 1 amide bonds. The number of likely N-dealkylation sites (tertiary alicyclic amines) is 2. The summed E-state index contributed by atoms with van der Waals surface area (Å²) in [5.74, 6) is 0.970. The molecule has 1 atom stereocenters. The standard InChI is InChI=1S/C18H29N3O2/c1-3-8-21-14-18(6-9-20(2)10-7-18)12-16(21)17(22)19-13-15-5-4-11-23-15/h4-5,11,16H,3,6-10,12-14H2,1-2H3,(H,19,22)/t16-/m0/s1. The molecule has 5 heteroatoms. The number of hydrogen-bond donors (Lipinski definition) is 1. The number of nitrogens with one attached hydrogen (secondary N) is 1. The molecule has 2 fully saturated rings. The van der Waals surface area contributed by atoms with Gasteiger partial charge in [-0.15, -0.1) is 0 Å². The first-order valence-electron chi connectivity index (χ1n) is 8.84. The minimum atomic E-state index is 0.0216. The largest absolute Gasteiger partial charge is 0.467 e. The molecule has 3 rings (SSSR count). The molecule has 2 aliphatic heterocycles. The van der Waals surface area contributed by atoms with E-state index in [0.29, 0.717) is 12.0 Å². The summed E-state index contributed by atoms with van der Waals surface area (Å²) in [6.45, 7) is 7.07. The van der Waals surface area contributed by atoms with Crippen LogP contribution in [0.5, 0.6) is 0 Å². The van der Waals surface area contributed by atoms with E-state index in [-0.39, 0.29) is 11.9 Å². The zero-order chi connectivity index (χ0) is 16.3. The molecule has 0 bridgehead atoms. The summed E-state index contributed by atoms with van der Waals surface area (Å²) in [6, 6.07) is 3.78. The molecular formula is C18H29N3O2. The van der Waals surface area contributed by atoms with Crippen molar-refractivity contribution in [2.75, 3.05) is 33.2 Å². The van der Waals surface area contributed by atoms with E-state index in [4.69, 9.17) is 4.42 Å². The van der Waals surface area contributed by atoms with Gasteiger partial charge in [-0.2, -0.15) is 0 Å². The number of amides is 1. The third-order valence-corrected chi connectivity index (χ3v) is 5.48. The van der Waals surface area contributed by atoms with Gasteiger partial charge in [-0.05, 0) is 69.9 Å². The fourth-order valence-corrected chi connectivity index (χ4v) is 4.09. The van der Waals surface area contributed by atoms with Crippen molar-refractivity contribution in [1.29, 1.82) is 0 Å². The molecule has 1 N–H and O–H groups in total. The van der Waals surface area contributed by atoms with Crippen LogP contribution in [0.15, 0.2) is 22.8 Å². The molecule has 3 heterocycles. The van der Waals surface area contributed by atoms with Crippen molar-refractivity contribution < 1.29 is 9.21 Å².